The molecule has 1 heterocycles. The zero-order valence-electron chi connectivity index (χ0n) is 13.0. The van der Waals surface area contributed by atoms with E-state index in [0.29, 0.717) is 6.42 Å². The molecule has 0 aromatic rings. The number of piperidine rings is 1. The maximum atomic E-state index is 11.9. The van der Waals surface area contributed by atoms with E-state index < -0.39 is 0 Å². The molecule has 1 aliphatic heterocycles. The Morgan fingerprint density at radius 3 is 2.47 bits per heavy atom. The Balaban J connectivity index is 2.37. The van der Waals surface area contributed by atoms with Crippen LogP contribution in [0.5, 0.6) is 0 Å². The van der Waals surface area contributed by atoms with E-state index in [9.17, 15) is 4.79 Å². The van der Waals surface area contributed by atoms with Crippen LogP contribution in [0.2, 0.25) is 0 Å². The van der Waals surface area contributed by atoms with Gasteiger partial charge in [0.1, 0.15) is 0 Å². The highest BCUT2D eigenvalue weighted by molar-refractivity contribution is 5.75. The molecule has 1 amide bonds. The van der Waals surface area contributed by atoms with Gasteiger partial charge in [-0.05, 0) is 37.8 Å². The summed E-state index contributed by atoms with van der Waals surface area (Å²) < 4.78 is 5.35. The van der Waals surface area contributed by atoms with Crippen molar-refractivity contribution in [1.82, 2.24) is 10.6 Å². The minimum Gasteiger partial charge on any atom is -0.384 e. The van der Waals surface area contributed by atoms with Gasteiger partial charge in [0, 0.05) is 25.5 Å². The Kier molecular flexibility index (Phi) is 6.27. The van der Waals surface area contributed by atoms with Crippen LogP contribution in [-0.2, 0) is 9.53 Å². The number of methoxy groups -OCH3 is 1. The smallest absolute Gasteiger partial charge is 0.220 e. The lowest BCUT2D eigenvalue weighted by atomic mass is 9.79. The molecule has 4 nitrogen and oxygen atoms in total. The SMILES string of the molecule is COCC1(CNC(=O)CCC(C)(C)C)CCNCC1. The summed E-state index contributed by atoms with van der Waals surface area (Å²) >= 11 is 0. The molecular weight excluding hydrogens is 240 g/mol. The van der Waals surface area contributed by atoms with Crippen LogP contribution in [0.25, 0.3) is 0 Å². The first-order valence-corrected chi connectivity index (χ1v) is 7.33. The van der Waals surface area contributed by atoms with Crippen molar-refractivity contribution in [2.75, 3.05) is 33.4 Å². The highest BCUT2D eigenvalue weighted by Gasteiger charge is 2.32. The third kappa shape index (κ3) is 6.39. The maximum Gasteiger partial charge on any atom is 0.220 e. The molecule has 0 spiro atoms. The summed E-state index contributed by atoms with van der Waals surface area (Å²) in [5.41, 5.74) is 0.341. The second-order valence-corrected chi connectivity index (χ2v) is 7.02. The first-order valence-electron chi connectivity index (χ1n) is 7.33. The molecule has 1 saturated heterocycles. The second-order valence-electron chi connectivity index (χ2n) is 7.02. The summed E-state index contributed by atoms with van der Waals surface area (Å²) in [4.78, 5) is 11.9. The topological polar surface area (TPSA) is 50.4 Å². The lowest BCUT2D eigenvalue weighted by Crippen LogP contribution is -2.47. The summed E-state index contributed by atoms with van der Waals surface area (Å²) in [5, 5.41) is 6.47. The van der Waals surface area contributed by atoms with Crippen molar-refractivity contribution in [2.45, 2.75) is 46.5 Å². The molecule has 4 heteroatoms. The molecule has 0 aromatic carbocycles. The van der Waals surface area contributed by atoms with Crippen LogP contribution < -0.4 is 10.6 Å². The molecule has 0 aromatic heterocycles. The minimum atomic E-state index is 0.122. The molecule has 2 N–H and O–H groups in total. The van der Waals surface area contributed by atoms with Crippen LogP contribution in [0.15, 0.2) is 0 Å². The van der Waals surface area contributed by atoms with Crippen molar-refractivity contribution in [3.8, 4) is 0 Å². The summed E-state index contributed by atoms with van der Waals surface area (Å²) in [6.07, 6.45) is 3.68. The van der Waals surface area contributed by atoms with E-state index in [1.165, 1.54) is 0 Å². The van der Waals surface area contributed by atoms with Gasteiger partial charge in [-0.1, -0.05) is 20.8 Å². The van der Waals surface area contributed by atoms with Crippen LogP contribution in [0, 0.1) is 10.8 Å². The van der Waals surface area contributed by atoms with Gasteiger partial charge < -0.3 is 15.4 Å². The molecule has 112 valence electrons. The van der Waals surface area contributed by atoms with Gasteiger partial charge in [-0.25, -0.2) is 0 Å². The first kappa shape index (κ1) is 16.4. The van der Waals surface area contributed by atoms with E-state index in [1.807, 2.05) is 0 Å². The van der Waals surface area contributed by atoms with Crippen LogP contribution >= 0.6 is 0 Å². The molecule has 1 fully saturated rings. The van der Waals surface area contributed by atoms with Crippen LogP contribution in [0.1, 0.15) is 46.5 Å². The Morgan fingerprint density at radius 2 is 1.95 bits per heavy atom. The lowest BCUT2D eigenvalue weighted by Gasteiger charge is -2.37. The summed E-state index contributed by atoms with van der Waals surface area (Å²) in [6.45, 7) is 10.0. The fraction of sp³-hybridized carbons (Fsp3) is 0.933. The lowest BCUT2D eigenvalue weighted by molar-refractivity contribution is -0.122. The van der Waals surface area contributed by atoms with Crippen molar-refractivity contribution in [2.24, 2.45) is 10.8 Å². The Labute approximate surface area is 117 Å². The predicted octanol–water partition coefficient (Wildman–Crippen LogP) is 1.95. The van der Waals surface area contributed by atoms with Gasteiger partial charge in [0.05, 0.1) is 6.61 Å². The zero-order chi connectivity index (χ0) is 14.4. The highest BCUT2D eigenvalue weighted by atomic mass is 16.5. The normalized spacial score (nSPS) is 19.2. The Hall–Kier alpha value is -0.610. The number of carbonyl (C=O) groups is 1. The zero-order valence-corrected chi connectivity index (χ0v) is 13.0. The van der Waals surface area contributed by atoms with E-state index in [0.717, 1.165) is 45.5 Å². The van der Waals surface area contributed by atoms with Crippen LogP contribution in [0.3, 0.4) is 0 Å². The van der Waals surface area contributed by atoms with Gasteiger partial charge in [0.25, 0.3) is 0 Å². The Morgan fingerprint density at radius 1 is 1.32 bits per heavy atom. The van der Waals surface area contributed by atoms with Gasteiger partial charge in [-0.2, -0.15) is 0 Å². The number of ether oxygens (including phenoxy) is 1. The second kappa shape index (κ2) is 7.25. The molecule has 0 atom stereocenters. The third-order valence-corrected chi connectivity index (χ3v) is 3.88. The quantitative estimate of drug-likeness (QED) is 0.775. The molecule has 0 saturated carbocycles. The number of hydrogen-bond acceptors (Lipinski definition) is 3. The number of nitrogens with one attached hydrogen (secondary N) is 2. The highest BCUT2D eigenvalue weighted by Crippen LogP contribution is 2.28. The van der Waals surface area contributed by atoms with Crippen molar-refractivity contribution in [3.63, 3.8) is 0 Å². The van der Waals surface area contributed by atoms with Crippen LogP contribution in [0.4, 0.5) is 0 Å². The van der Waals surface area contributed by atoms with Gasteiger partial charge in [0.15, 0.2) is 0 Å². The number of rotatable bonds is 6. The summed E-state index contributed by atoms with van der Waals surface area (Å²) in [6, 6.07) is 0. The van der Waals surface area contributed by atoms with Crippen molar-refractivity contribution in [1.29, 1.82) is 0 Å². The Bertz CT molecular complexity index is 273. The average Bonchev–Trinajstić information content (AvgIpc) is 2.35. The number of carbonyl (C=O) groups excluding carboxylic acids is 1. The van der Waals surface area contributed by atoms with Crippen molar-refractivity contribution < 1.29 is 9.53 Å². The molecule has 19 heavy (non-hydrogen) atoms. The predicted molar refractivity (Wildman–Crippen MR) is 78.1 cm³/mol. The molecule has 1 aliphatic rings. The fourth-order valence-corrected chi connectivity index (χ4v) is 2.50. The van der Waals surface area contributed by atoms with Gasteiger partial charge in [-0.3, -0.25) is 4.79 Å². The van der Waals surface area contributed by atoms with Crippen molar-refractivity contribution >= 4 is 5.91 Å². The van der Waals surface area contributed by atoms with Gasteiger partial charge >= 0.3 is 0 Å². The van der Waals surface area contributed by atoms with Gasteiger partial charge in [0.2, 0.25) is 5.91 Å². The van der Waals surface area contributed by atoms with E-state index in [2.05, 4.69) is 31.4 Å². The van der Waals surface area contributed by atoms with E-state index in [-0.39, 0.29) is 16.7 Å². The van der Waals surface area contributed by atoms with Crippen LogP contribution in [-0.4, -0.2) is 39.3 Å². The maximum absolute atomic E-state index is 11.9. The van der Waals surface area contributed by atoms with E-state index in [1.54, 1.807) is 7.11 Å². The average molecular weight is 270 g/mol. The minimum absolute atomic E-state index is 0.122. The molecule has 0 aliphatic carbocycles. The monoisotopic (exact) mass is 270 g/mol. The van der Waals surface area contributed by atoms with E-state index >= 15 is 0 Å². The standard InChI is InChI=1S/C15H30N2O2/c1-14(2,3)6-5-13(18)17-11-15(12-19-4)7-9-16-10-8-15/h16H,5-12H2,1-4H3,(H,17,18). The molecule has 0 unspecified atom stereocenters. The number of hydrogen-bond donors (Lipinski definition) is 2. The van der Waals surface area contributed by atoms with E-state index in [4.69, 9.17) is 4.74 Å². The van der Waals surface area contributed by atoms with Gasteiger partial charge in [-0.15, -0.1) is 0 Å². The summed E-state index contributed by atoms with van der Waals surface area (Å²) in [7, 11) is 1.74. The number of amides is 1. The third-order valence-electron chi connectivity index (χ3n) is 3.88. The molecular formula is C15H30N2O2. The molecule has 0 radical (unpaired) electrons. The van der Waals surface area contributed by atoms with Crippen molar-refractivity contribution in [3.05, 3.63) is 0 Å². The molecule has 0 bridgehead atoms. The molecule has 1 rings (SSSR count). The first-order chi connectivity index (χ1) is 8.87. The summed E-state index contributed by atoms with van der Waals surface area (Å²) in [5.74, 6) is 0.170. The largest absolute Gasteiger partial charge is 0.384 e. The fourth-order valence-electron chi connectivity index (χ4n) is 2.50.